The van der Waals surface area contributed by atoms with Crippen LogP contribution in [0.5, 0.6) is 0 Å². The Hall–Kier alpha value is -2.41. The third kappa shape index (κ3) is 5.56. The van der Waals surface area contributed by atoms with Gasteiger partial charge in [0.1, 0.15) is 0 Å². The number of amides is 3. The first-order chi connectivity index (χ1) is 13.8. The Morgan fingerprint density at radius 1 is 1.21 bits per heavy atom. The summed E-state index contributed by atoms with van der Waals surface area (Å²) in [7, 11) is 0. The van der Waals surface area contributed by atoms with Crippen LogP contribution in [0.25, 0.3) is 0 Å². The smallest absolute Gasteiger partial charge is 0.321 e. The molecule has 1 aliphatic heterocycles. The van der Waals surface area contributed by atoms with Gasteiger partial charge in [-0.15, -0.1) is 11.3 Å². The van der Waals surface area contributed by atoms with Crippen molar-refractivity contribution in [1.29, 1.82) is 0 Å². The summed E-state index contributed by atoms with van der Waals surface area (Å²) in [5.41, 5.74) is 2.82. The lowest BCUT2D eigenvalue weighted by molar-refractivity contribution is -0.126. The molecular weight excluding hydrogens is 384 g/mol. The predicted octanol–water partition coefficient (Wildman–Crippen LogP) is 4.70. The minimum absolute atomic E-state index is 0.0512. The van der Waals surface area contributed by atoms with Gasteiger partial charge < -0.3 is 15.5 Å². The lowest BCUT2D eigenvalue weighted by Crippen LogP contribution is -2.45. The molecule has 2 heterocycles. The molecule has 3 rings (SSSR count). The summed E-state index contributed by atoms with van der Waals surface area (Å²) in [4.78, 5) is 31.6. The fourth-order valence-electron chi connectivity index (χ4n) is 3.44. The maximum atomic E-state index is 12.7. The molecule has 1 fully saturated rings. The number of carbonyl (C=O) groups excluding carboxylic acids is 2. The van der Waals surface area contributed by atoms with Crippen molar-refractivity contribution in [2.24, 2.45) is 5.92 Å². The van der Waals surface area contributed by atoms with E-state index >= 15 is 0 Å². The van der Waals surface area contributed by atoms with Gasteiger partial charge in [0.15, 0.2) is 0 Å². The van der Waals surface area contributed by atoms with Gasteiger partial charge in [-0.25, -0.2) is 9.78 Å². The number of urea groups is 1. The maximum Gasteiger partial charge on any atom is 0.321 e. The minimum atomic E-state index is -0.105. The van der Waals surface area contributed by atoms with Gasteiger partial charge in [0.05, 0.1) is 16.7 Å². The van der Waals surface area contributed by atoms with E-state index in [-0.39, 0.29) is 23.9 Å². The topological polar surface area (TPSA) is 74.3 Å². The highest BCUT2D eigenvalue weighted by atomic mass is 32.1. The Balaban J connectivity index is 1.48. The second-order valence-electron chi connectivity index (χ2n) is 8.06. The van der Waals surface area contributed by atoms with Crippen molar-refractivity contribution in [3.05, 3.63) is 45.9 Å². The van der Waals surface area contributed by atoms with Gasteiger partial charge in [-0.05, 0) is 44.4 Å². The molecule has 1 aliphatic rings. The monoisotopic (exact) mass is 414 g/mol. The van der Waals surface area contributed by atoms with Crippen LogP contribution in [0.1, 0.15) is 61.8 Å². The van der Waals surface area contributed by atoms with E-state index in [0.717, 1.165) is 22.0 Å². The molecule has 0 spiro atoms. The van der Waals surface area contributed by atoms with Crippen molar-refractivity contribution < 1.29 is 9.59 Å². The summed E-state index contributed by atoms with van der Waals surface area (Å²) in [5.74, 6) is 0.381. The van der Waals surface area contributed by atoms with Crippen LogP contribution in [0.2, 0.25) is 0 Å². The number of thiazole rings is 1. The molecule has 29 heavy (non-hydrogen) atoms. The highest BCUT2D eigenvalue weighted by Crippen LogP contribution is 2.24. The van der Waals surface area contributed by atoms with Crippen LogP contribution < -0.4 is 10.6 Å². The quantitative estimate of drug-likeness (QED) is 0.745. The Morgan fingerprint density at radius 3 is 2.55 bits per heavy atom. The Labute approximate surface area is 176 Å². The molecule has 1 atom stereocenters. The Kier molecular flexibility index (Phi) is 6.90. The molecule has 7 heteroatoms. The first kappa shape index (κ1) is 21.3. The molecule has 2 N–H and O–H groups in total. The number of carbonyl (C=O) groups is 2. The molecular formula is C22H30N4O2S. The normalized spacial score (nSPS) is 16.0. The SMILES string of the molecule is Cc1cccc(NC(=O)N2CCC(C(=O)NC(C)c3csc(C(C)C)n3)CC2)c1. The van der Waals surface area contributed by atoms with Crippen molar-refractivity contribution in [2.75, 3.05) is 18.4 Å². The van der Waals surface area contributed by atoms with Crippen molar-refractivity contribution in [1.82, 2.24) is 15.2 Å². The second-order valence-corrected chi connectivity index (χ2v) is 8.95. The molecule has 0 bridgehead atoms. The van der Waals surface area contributed by atoms with E-state index in [0.29, 0.717) is 31.8 Å². The molecule has 0 aliphatic carbocycles. The summed E-state index contributed by atoms with van der Waals surface area (Å²) >= 11 is 1.64. The molecule has 3 amide bonds. The molecule has 2 aromatic rings. The number of nitrogens with zero attached hydrogens (tertiary/aromatic N) is 2. The van der Waals surface area contributed by atoms with Gasteiger partial charge in [-0.2, -0.15) is 0 Å². The van der Waals surface area contributed by atoms with Crippen LogP contribution in [0.4, 0.5) is 10.5 Å². The molecule has 1 saturated heterocycles. The fourth-order valence-corrected chi connectivity index (χ4v) is 4.37. The van der Waals surface area contributed by atoms with E-state index < -0.39 is 0 Å². The van der Waals surface area contributed by atoms with E-state index in [1.807, 2.05) is 43.5 Å². The predicted molar refractivity (Wildman–Crippen MR) is 117 cm³/mol. The van der Waals surface area contributed by atoms with Gasteiger partial charge in [0.2, 0.25) is 5.91 Å². The zero-order valence-electron chi connectivity index (χ0n) is 17.6. The third-order valence-electron chi connectivity index (χ3n) is 5.26. The van der Waals surface area contributed by atoms with E-state index in [1.54, 1.807) is 16.2 Å². The molecule has 1 unspecified atom stereocenters. The van der Waals surface area contributed by atoms with E-state index in [1.165, 1.54) is 0 Å². The zero-order valence-corrected chi connectivity index (χ0v) is 18.4. The zero-order chi connectivity index (χ0) is 21.0. The van der Waals surface area contributed by atoms with Crippen LogP contribution in [0, 0.1) is 12.8 Å². The van der Waals surface area contributed by atoms with Crippen molar-refractivity contribution in [3.8, 4) is 0 Å². The largest absolute Gasteiger partial charge is 0.348 e. The lowest BCUT2D eigenvalue weighted by atomic mass is 9.95. The van der Waals surface area contributed by atoms with Gasteiger partial charge in [-0.1, -0.05) is 26.0 Å². The molecule has 1 aromatic carbocycles. The number of likely N-dealkylation sites (tertiary alicyclic amines) is 1. The molecule has 1 aromatic heterocycles. The van der Waals surface area contributed by atoms with Crippen LogP contribution in [-0.2, 0) is 4.79 Å². The van der Waals surface area contributed by atoms with Gasteiger partial charge >= 0.3 is 6.03 Å². The van der Waals surface area contributed by atoms with Crippen molar-refractivity contribution in [3.63, 3.8) is 0 Å². The molecule has 156 valence electrons. The van der Waals surface area contributed by atoms with Crippen LogP contribution in [0.3, 0.4) is 0 Å². The number of aryl methyl sites for hydroxylation is 1. The van der Waals surface area contributed by atoms with Gasteiger partial charge in [0.25, 0.3) is 0 Å². The van der Waals surface area contributed by atoms with E-state index in [4.69, 9.17) is 0 Å². The Morgan fingerprint density at radius 2 is 1.93 bits per heavy atom. The number of rotatable bonds is 5. The number of hydrogen-bond acceptors (Lipinski definition) is 4. The molecule has 0 saturated carbocycles. The van der Waals surface area contributed by atoms with Crippen LogP contribution in [-0.4, -0.2) is 34.9 Å². The lowest BCUT2D eigenvalue weighted by Gasteiger charge is -2.31. The average molecular weight is 415 g/mol. The third-order valence-corrected chi connectivity index (χ3v) is 6.42. The number of nitrogens with one attached hydrogen (secondary N) is 2. The summed E-state index contributed by atoms with van der Waals surface area (Å²) in [6, 6.07) is 7.55. The van der Waals surface area contributed by atoms with Crippen LogP contribution >= 0.6 is 11.3 Å². The summed E-state index contributed by atoms with van der Waals surface area (Å²) < 4.78 is 0. The standard InChI is InChI=1S/C22H30N4O2S/c1-14(2)21-25-19(13-29-21)16(4)23-20(27)17-8-10-26(11-9-17)22(28)24-18-7-5-6-15(3)12-18/h5-7,12-14,16-17H,8-11H2,1-4H3,(H,23,27)(H,24,28). The minimum Gasteiger partial charge on any atom is -0.348 e. The second kappa shape index (κ2) is 9.39. The Bertz CT molecular complexity index is 856. The summed E-state index contributed by atoms with van der Waals surface area (Å²) in [6.07, 6.45) is 1.35. The summed E-state index contributed by atoms with van der Waals surface area (Å²) in [5, 5.41) is 9.15. The van der Waals surface area contributed by atoms with E-state index in [9.17, 15) is 9.59 Å². The van der Waals surface area contributed by atoms with Crippen molar-refractivity contribution in [2.45, 2.75) is 52.5 Å². The first-order valence-electron chi connectivity index (χ1n) is 10.2. The van der Waals surface area contributed by atoms with Crippen LogP contribution in [0.15, 0.2) is 29.6 Å². The van der Waals surface area contributed by atoms with E-state index in [2.05, 4.69) is 29.5 Å². The highest BCUT2D eigenvalue weighted by Gasteiger charge is 2.28. The maximum absolute atomic E-state index is 12.7. The van der Waals surface area contributed by atoms with Gasteiger partial charge in [-0.3, -0.25) is 4.79 Å². The number of aromatic nitrogens is 1. The van der Waals surface area contributed by atoms with Gasteiger partial charge in [0, 0.05) is 36.0 Å². The first-order valence-corrected chi connectivity index (χ1v) is 11.1. The fraction of sp³-hybridized carbons (Fsp3) is 0.500. The number of hydrogen-bond donors (Lipinski definition) is 2. The number of piperidine rings is 1. The molecule has 6 nitrogen and oxygen atoms in total. The average Bonchev–Trinajstić information content (AvgIpc) is 3.19. The molecule has 0 radical (unpaired) electrons. The highest BCUT2D eigenvalue weighted by molar-refractivity contribution is 7.09. The number of anilines is 1. The van der Waals surface area contributed by atoms with Crippen molar-refractivity contribution >= 4 is 29.0 Å². The number of benzene rings is 1. The summed E-state index contributed by atoms with van der Waals surface area (Å²) in [6.45, 7) is 9.37.